The summed E-state index contributed by atoms with van der Waals surface area (Å²) in [4.78, 5) is 26.7. The van der Waals surface area contributed by atoms with Gasteiger partial charge in [-0.15, -0.1) is 0 Å². The van der Waals surface area contributed by atoms with Crippen LogP contribution in [0, 0.1) is 11.3 Å². The minimum Gasteiger partial charge on any atom is -0.392 e. The summed E-state index contributed by atoms with van der Waals surface area (Å²) in [7, 11) is 1.72. The number of carbonyl (C=O) groups is 2. The average molecular weight is 260 g/mol. The lowest BCUT2D eigenvalue weighted by Crippen LogP contribution is -2.72. The molecule has 1 saturated carbocycles. The van der Waals surface area contributed by atoms with Crippen molar-refractivity contribution in [3.63, 3.8) is 0 Å². The number of hydrogen-bond donors (Lipinski definition) is 2. The number of aliphatic hydroxyl groups is 1. The number of hydrogen-bond acceptors (Lipinski definition) is 3. The molecule has 5 heterocycles. The third kappa shape index (κ3) is 0.994. The molecule has 0 radical (unpaired) electrons. The van der Waals surface area contributed by atoms with Crippen LogP contribution in [-0.2, 0) is 9.59 Å². The molecule has 19 heavy (non-hydrogen) atoms. The van der Waals surface area contributed by atoms with E-state index in [1.54, 1.807) is 11.9 Å². The molecular weight excluding hydrogens is 244 g/mol. The highest BCUT2D eigenvalue weighted by Gasteiger charge is 2.68. The second-order valence-corrected chi connectivity index (χ2v) is 6.03. The molecule has 0 aromatic heterocycles. The van der Waals surface area contributed by atoms with Gasteiger partial charge in [-0.1, -0.05) is 24.3 Å². The molecule has 0 aromatic carbocycles. The van der Waals surface area contributed by atoms with Crippen LogP contribution in [0.2, 0.25) is 0 Å². The van der Waals surface area contributed by atoms with Gasteiger partial charge in [0.05, 0.1) is 23.6 Å². The Morgan fingerprint density at radius 2 is 2.16 bits per heavy atom. The van der Waals surface area contributed by atoms with Crippen LogP contribution in [0.4, 0.5) is 0 Å². The zero-order valence-electron chi connectivity index (χ0n) is 10.7. The summed E-state index contributed by atoms with van der Waals surface area (Å²) in [6, 6.07) is -0.250. The van der Waals surface area contributed by atoms with Crippen molar-refractivity contribution in [1.29, 1.82) is 0 Å². The maximum atomic E-state index is 12.8. The fraction of sp³-hybridized carbons (Fsp3) is 0.571. The Hall–Kier alpha value is -1.62. The van der Waals surface area contributed by atoms with Crippen molar-refractivity contribution in [3.05, 3.63) is 24.3 Å². The molecule has 7 aliphatic rings. The van der Waals surface area contributed by atoms with Crippen LogP contribution in [0.1, 0.15) is 12.8 Å². The molecular formula is C14H16N2O3. The number of carbonyl (C=O) groups excluding carboxylic acids is 2. The first-order valence-corrected chi connectivity index (χ1v) is 6.68. The van der Waals surface area contributed by atoms with Gasteiger partial charge in [-0.3, -0.25) is 9.59 Å². The van der Waals surface area contributed by atoms with Crippen LogP contribution in [0.3, 0.4) is 0 Å². The van der Waals surface area contributed by atoms with Crippen molar-refractivity contribution in [1.82, 2.24) is 10.2 Å². The van der Waals surface area contributed by atoms with Gasteiger partial charge >= 0.3 is 0 Å². The summed E-state index contributed by atoms with van der Waals surface area (Å²) in [6.07, 6.45) is 7.96. The number of likely N-dealkylation sites (N-methyl/N-ethyl adjacent to an activating group) is 1. The molecule has 100 valence electrons. The van der Waals surface area contributed by atoms with Crippen molar-refractivity contribution in [2.75, 3.05) is 7.05 Å². The maximum Gasteiger partial charge on any atom is 0.238 e. The SMILES string of the molecule is CN1C(=O)[C@]23C=C[C@H]1[C@@H]1C=C[C@@]2(CC[C@H]3O)NC1=O. The molecule has 2 spiro atoms. The molecule has 7 rings (SSSR count). The molecule has 5 nitrogen and oxygen atoms in total. The predicted octanol–water partition coefficient (Wildman–Crippen LogP) is -0.421. The van der Waals surface area contributed by atoms with Crippen molar-refractivity contribution < 1.29 is 14.7 Å². The Labute approximate surface area is 111 Å². The van der Waals surface area contributed by atoms with Gasteiger partial charge in [0.2, 0.25) is 11.8 Å². The summed E-state index contributed by atoms with van der Waals surface area (Å²) >= 11 is 0. The summed E-state index contributed by atoms with van der Waals surface area (Å²) in [5, 5.41) is 13.4. The van der Waals surface area contributed by atoms with E-state index in [2.05, 4.69) is 5.32 Å². The number of nitrogens with one attached hydrogen (secondary N) is 1. The molecule has 5 atom stereocenters. The molecule has 1 saturated heterocycles. The molecule has 4 bridgehead atoms. The normalized spacial score (nSPS) is 50.2. The van der Waals surface area contributed by atoms with E-state index in [0.717, 1.165) is 0 Å². The molecule has 2 amide bonds. The van der Waals surface area contributed by atoms with Crippen LogP contribution in [0.5, 0.6) is 0 Å². The van der Waals surface area contributed by atoms with Crippen LogP contribution >= 0.6 is 0 Å². The third-order valence-corrected chi connectivity index (χ3v) is 5.36. The Morgan fingerprint density at radius 1 is 1.37 bits per heavy atom. The van der Waals surface area contributed by atoms with Crippen LogP contribution in [0.25, 0.3) is 0 Å². The molecule has 5 aliphatic heterocycles. The smallest absolute Gasteiger partial charge is 0.238 e. The second kappa shape index (κ2) is 3.10. The lowest BCUT2D eigenvalue weighted by molar-refractivity contribution is -0.155. The van der Waals surface area contributed by atoms with E-state index in [1.807, 2.05) is 24.3 Å². The fourth-order valence-electron chi connectivity index (χ4n) is 4.28. The van der Waals surface area contributed by atoms with Gasteiger partial charge in [0.1, 0.15) is 5.41 Å². The highest BCUT2D eigenvalue weighted by atomic mass is 16.3. The highest BCUT2D eigenvalue weighted by Crippen LogP contribution is 2.54. The molecule has 2 aliphatic carbocycles. The van der Waals surface area contributed by atoms with Gasteiger partial charge in [-0.2, -0.15) is 0 Å². The highest BCUT2D eigenvalue weighted by molar-refractivity contribution is 5.96. The second-order valence-electron chi connectivity index (χ2n) is 6.03. The van der Waals surface area contributed by atoms with E-state index in [9.17, 15) is 14.7 Å². The van der Waals surface area contributed by atoms with Gasteiger partial charge < -0.3 is 15.3 Å². The lowest BCUT2D eigenvalue weighted by atomic mass is 9.62. The Morgan fingerprint density at radius 3 is 2.89 bits per heavy atom. The standard InChI is InChI=1S/C14H16N2O3/c1-16-9-3-7-14(12(16)19)10(17)4-6-13(14)5-2-8(9)11(18)15-13/h2-3,5,7-10,17H,4,6H2,1H3,(H,15,18)/t8-,9-,10+,13-,14+/m0/s1. The zero-order valence-corrected chi connectivity index (χ0v) is 10.7. The minimum absolute atomic E-state index is 0.0466. The van der Waals surface area contributed by atoms with Crippen LogP contribution in [-0.4, -0.2) is 46.6 Å². The first-order chi connectivity index (χ1) is 9.02. The molecule has 0 unspecified atom stereocenters. The van der Waals surface area contributed by atoms with E-state index in [4.69, 9.17) is 0 Å². The fourth-order valence-corrected chi connectivity index (χ4v) is 4.28. The topological polar surface area (TPSA) is 69.6 Å². The molecule has 5 heteroatoms. The van der Waals surface area contributed by atoms with Gasteiger partial charge in [0.15, 0.2) is 0 Å². The van der Waals surface area contributed by atoms with Crippen molar-refractivity contribution in [3.8, 4) is 0 Å². The van der Waals surface area contributed by atoms with E-state index in [-0.39, 0.29) is 23.8 Å². The number of nitrogens with zero attached hydrogens (tertiary/aromatic N) is 1. The van der Waals surface area contributed by atoms with E-state index in [1.165, 1.54) is 0 Å². The predicted molar refractivity (Wildman–Crippen MR) is 66.9 cm³/mol. The maximum absolute atomic E-state index is 12.8. The first-order valence-electron chi connectivity index (χ1n) is 6.68. The van der Waals surface area contributed by atoms with Crippen molar-refractivity contribution in [2.24, 2.45) is 11.3 Å². The quantitative estimate of drug-likeness (QED) is 0.581. The monoisotopic (exact) mass is 260 g/mol. The Balaban J connectivity index is 2.05. The largest absolute Gasteiger partial charge is 0.392 e. The third-order valence-electron chi connectivity index (χ3n) is 5.36. The summed E-state index contributed by atoms with van der Waals surface area (Å²) in [6.45, 7) is 0. The summed E-state index contributed by atoms with van der Waals surface area (Å²) in [5.74, 6) is -0.458. The minimum atomic E-state index is -1.03. The van der Waals surface area contributed by atoms with Crippen molar-refractivity contribution >= 4 is 11.8 Å². The number of aliphatic hydroxyl groups excluding tert-OH is 1. The summed E-state index contributed by atoms with van der Waals surface area (Å²) < 4.78 is 0. The van der Waals surface area contributed by atoms with Gasteiger partial charge in [-0.05, 0) is 12.8 Å². The van der Waals surface area contributed by atoms with Crippen LogP contribution < -0.4 is 5.32 Å². The number of rotatable bonds is 0. The number of amides is 2. The van der Waals surface area contributed by atoms with E-state index in [0.29, 0.717) is 12.8 Å². The Kier molecular flexibility index (Phi) is 1.83. The van der Waals surface area contributed by atoms with Crippen LogP contribution in [0.15, 0.2) is 24.3 Å². The van der Waals surface area contributed by atoms with E-state index < -0.39 is 17.1 Å². The van der Waals surface area contributed by atoms with E-state index >= 15 is 0 Å². The van der Waals surface area contributed by atoms with Gasteiger partial charge in [0, 0.05) is 7.05 Å². The van der Waals surface area contributed by atoms with Gasteiger partial charge in [-0.25, -0.2) is 0 Å². The summed E-state index contributed by atoms with van der Waals surface area (Å²) in [5.41, 5.74) is -1.79. The van der Waals surface area contributed by atoms with Crippen molar-refractivity contribution in [2.45, 2.75) is 30.5 Å². The zero-order chi connectivity index (χ0) is 13.4. The molecule has 0 aromatic rings. The lowest BCUT2D eigenvalue weighted by Gasteiger charge is -2.54. The molecule has 2 N–H and O–H groups in total. The molecule has 2 fully saturated rings. The van der Waals surface area contributed by atoms with Gasteiger partial charge in [0.25, 0.3) is 0 Å². The average Bonchev–Trinajstić information content (AvgIpc) is 2.60. The Bertz CT molecular complexity index is 555. The first kappa shape index (κ1) is 11.2.